The number of fused-ring (bicyclic) bond motifs is 4. The number of nitrogen functional groups attached to an aromatic ring is 1. The van der Waals surface area contributed by atoms with E-state index in [2.05, 4.69) is 57.9 Å². The molecule has 2 N–H and O–H groups in total. The minimum atomic E-state index is -2.27. The number of aryl methyl sites for hydroxylation is 1. The van der Waals surface area contributed by atoms with Crippen molar-refractivity contribution in [2.24, 2.45) is 0 Å². The number of ether oxygens (including phenoxy) is 3. The van der Waals surface area contributed by atoms with Crippen molar-refractivity contribution in [1.29, 1.82) is 0 Å². The van der Waals surface area contributed by atoms with Crippen LogP contribution in [0.25, 0.3) is 32.8 Å². The Morgan fingerprint density at radius 3 is 2.24 bits per heavy atom. The van der Waals surface area contributed by atoms with Gasteiger partial charge in [-0.2, -0.15) is 0 Å². The van der Waals surface area contributed by atoms with E-state index < -0.39 is 25.3 Å². The summed E-state index contributed by atoms with van der Waals surface area (Å²) in [6.07, 6.45) is 2.94. The third-order valence-electron chi connectivity index (χ3n) is 11.5. The van der Waals surface area contributed by atoms with Gasteiger partial charge in [0.1, 0.15) is 42.6 Å². The molecule has 2 aromatic heterocycles. The van der Waals surface area contributed by atoms with Gasteiger partial charge in [-0.3, -0.25) is 9.88 Å². The molecule has 2 saturated heterocycles. The highest BCUT2D eigenvalue weighted by atomic mass is 28.3. The first-order valence-corrected chi connectivity index (χ1v) is 21.5. The molecule has 1 amide bonds. The third-order valence-corrected chi connectivity index (χ3v) is 17.8. The Bertz CT molecular complexity index is 2160. The van der Waals surface area contributed by atoms with Gasteiger partial charge >= 0.3 is 6.09 Å². The minimum absolute atomic E-state index is 0.0172. The van der Waals surface area contributed by atoms with E-state index in [1.807, 2.05) is 25.7 Å². The Labute approximate surface area is 324 Å². The minimum Gasteiger partial charge on any atom is -0.468 e. The molecule has 0 saturated carbocycles. The summed E-state index contributed by atoms with van der Waals surface area (Å²) in [5, 5.41) is 1.87. The fourth-order valence-corrected chi connectivity index (χ4v) is 14.3. The topological polar surface area (TPSA) is 103 Å². The van der Waals surface area contributed by atoms with Gasteiger partial charge in [0.2, 0.25) is 0 Å². The number of nitrogens with two attached hydrogens (primary N) is 1. The Balaban J connectivity index is 1.53. The van der Waals surface area contributed by atoms with Crippen LogP contribution in [0.5, 0.6) is 5.75 Å². The van der Waals surface area contributed by atoms with Crippen molar-refractivity contribution in [2.75, 3.05) is 37.6 Å². The molecule has 2 bridgehead atoms. The van der Waals surface area contributed by atoms with Crippen LogP contribution in [0.15, 0.2) is 30.5 Å². The van der Waals surface area contributed by atoms with Gasteiger partial charge in [-0.05, 0) is 80.7 Å². The summed E-state index contributed by atoms with van der Waals surface area (Å²) >= 11 is 0. The van der Waals surface area contributed by atoms with Crippen LogP contribution >= 0.6 is 0 Å². The lowest BCUT2D eigenvalue weighted by molar-refractivity contribution is 0.0123. The fraction of sp³-hybridized carbons (Fsp3) is 0.512. The number of methoxy groups -OCH3 is 1. The summed E-state index contributed by atoms with van der Waals surface area (Å²) in [4.78, 5) is 26.6. The van der Waals surface area contributed by atoms with E-state index in [9.17, 15) is 4.79 Å². The van der Waals surface area contributed by atoms with E-state index in [0.29, 0.717) is 68.6 Å². The maximum absolute atomic E-state index is 17.4. The first-order valence-electron chi connectivity index (χ1n) is 19.3. The summed E-state index contributed by atoms with van der Waals surface area (Å²) in [5.41, 5.74) is 11.6. The lowest BCUT2D eigenvalue weighted by Gasteiger charge is -2.42. The Morgan fingerprint density at radius 1 is 1.02 bits per heavy atom. The molecule has 55 heavy (non-hydrogen) atoms. The molecule has 6 rings (SSSR count). The number of nitrogens with zero attached hydrogens (tertiary/aromatic N) is 4. The molecule has 0 aliphatic carbocycles. The molecular formula is C43H55F2N5O4Si. The van der Waals surface area contributed by atoms with Crippen LogP contribution in [0.2, 0.25) is 16.6 Å². The highest BCUT2D eigenvalue weighted by Gasteiger charge is 2.45. The number of hydrogen-bond donors (Lipinski definition) is 1. The number of aromatic nitrogens is 2. The van der Waals surface area contributed by atoms with Crippen LogP contribution in [-0.2, 0) is 9.47 Å². The van der Waals surface area contributed by atoms with Gasteiger partial charge in [0.25, 0.3) is 0 Å². The molecule has 12 heteroatoms. The van der Waals surface area contributed by atoms with Crippen LogP contribution in [0.4, 0.5) is 25.2 Å². The Kier molecular flexibility index (Phi) is 11.1. The van der Waals surface area contributed by atoms with Crippen LogP contribution < -0.4 is 15.4 Å². The van der Waals surface area contributed by atoms with Gasteiger partial charge < -0.3 is 24.8 Å². The summed E-state index contributed by atoms with van der Waals surface area (Å²) in [6.45, 7) is 21.5. The molecule has 0 spiro atoms. The van der Waals surface area contributed by atoms with Crippen LogP contribution in [0, 0.1) is 30.0 Å². The Morgan fingerprint density at radius 2 is 1.65 bits per heavy atom. The van der Waals surface area contributed by atoms with Gasteiger partial charge in [-0.1, -0.05) is 53.5 Å². The van der Waals surface area contributed by atoms with Crippen molar-refractivity contribution < 1.29 is 27.8 Å². The maximum atomic E-state index is 17.4. The summed E-state index contributed by atoms with van der Waals surface area (Å²) in [5.74, 6) is 3.35. The Hall–Kier alpha value is -4.47. The lowest BCUT2D eigenvalue weighted by Crippen LogP contribution is -2.57. The average Bonchev–Trinajstić information content (AvgIpc) is 3.37. The third kappa shape index (κ3) is 7.33. The lowest BCUT2D eigenvalue weighted by atomic mass is 9.94. The molecule has 2 aliphatic heterocycles. The van der Waals surface area contributed by atoms with Gasteiger partial charge in [0.15, 0.2) is 12.6 Å². The van der Waals surface area contributed by atoms with Crippen LogP contribution in [-0.4, -0.2) is 73.7 Å². The number of hydrogen-bond acceptors (Lipinski definition) is 8. The number of carbonyl (C=O) groups is 1. The number of benzene rings is 2. The smallest absolute Gasteiger partial charge is 0.410 e. The highest BCUT2D eigenvalue weighted by molar-refractivity contribution is 6.90. The predicted molar refractivity (Wildman–Crippen MR) is 219 cm³/mol. The number of anilines is 2. The number of carbonyl (C=O) groups excluding carboxylic acids is 1. The molecule has 2 aromatic carbocycles. The van der Waals surface area contributed by atoms with Crippen molar-refractivity contribution in [3.63, 3.8) is 0 Å². The van der Waals surface area contributed by atoms with E-state index in [1.165, 1.54) is 13.2 Å². The van der Waals surface area contributed by atoms with Crippen molar-refractivity contribution in [3.8, 4) is 28.5 Å². The van der Waals surface area contributed by atoms with Gasteiger partial charge in [-0.25, -0.2) is 18.6 Å². The zero-order valence-electron chi connectivity index (χ0n) is 34.1. The molecule has 4 heterocycles. The second-order valence-electron chi connectivity index (χ2n) is 17.0. The number of rotatable bonds is 8. The number of amides is 1. The molecule has 9 nitrogen and oxygen atoms in total. The SMILES string of the molecule is COCOc1cc(-c2ncc3c(N4CC5CCC(C4)N5C(=O)OC(C)(C)C)nc(N)c(C)c3c2F)c2c(C#C[Si](C(C)C)(C(C)C)C(C)C)c(F)ccc2c1. The zero-order valence-corrected chi connectivity index (χ0v) is 35.1. The first-order chi connectivity index (χ1) is 25.9. The van der Waals surface area contributed by atoms with E-state index in [4.69, 9.17) is 29.9 Å². The van der Waals surface area contributed by atoms with E-state index in [0.717, 1.165) is 12.8 Å². The molecule has 294 valence electrons. The summed E-state index contributed by atoms with van der Waals surface area (Å²) in [6, 6.07) is 6.34. The standard InChI is InChI=1S/C43H55F2N5O4Si/c1-24(2)55(25(3)4,26(5)6)17-16-32-35(44)15-12-28-18-31(53-23-52-11)19-33(37(28)32)39-38(45)36-27(7)40(46)48-41(34(36)20-47-39)49-21-29-13-14-30(22-49)50(29)42(51)54-43(8,9)10/h12,15,18-20,24-26,29-30H,13-14,21-23H2,1-11H3,(H2,46,48). The van der Waals surface area contributed by atoms with Crippen molar-refractivity contribution in [1.82, 2.24) is 14.9 Å². The maximum Gasteiger partial charge on any atom is 0.410 e. The zero-order chi connectivity index (χ0) is 40.1. The second-order valence-corrected chi connectivity index (χ2v) is 22.6. The summed E-state index contributed by atoms with van der Waals surface area (Å²) < 4.78 is 50.4. The summed E-state index contributed by atoms with van der Waals surface area (Å²) in [7, 11) is -0.750. The number of halogens is 2. The van der Waals surface area contributed by atoms with Crippen molar-refractivity contribution >= 4 is 47.3 Å². The van der Waals surface area contributed by atoms with Gasteiger partial charge in [-0.15, -0.1) is 5.54 Å². The van der Waals surface area contributed by atoms with Gasteiger partial charge in [0, 0.05) is 53.7 Å². The molecule has 4 aromatic rings. The highest BCUT2D eigenvalue weighted by Crippen LogP contribution is 2.44. The number of pyridine rings is 2. The largest absolute Gasteiger partial charge is 0.468 e. The molecule has 2 aliphatic rings. The van der Waals surface area contributed by atoms with E-state index >= 15 is 8.78 Å². The van der Waals surface area contributed by atoms with Crippen LogP contribution in [0.3, 0.4) is 0 Å². The van der Waals surface area contributed by atoms with Gasteiger partial charge in [0.05, 0.1) is 17.6 Å². The molecule has 2 unspecified atom stereocenters. The van der Waals surface area contributed by atoms with E-state index in [1.54, 1.807) is 31.3 Å². The first kappa shape index (κ1) is 40.2. The quantitative estimate of drug-likeness (QED) is 0.107. The molecular weight excluding hydrogens is 717 g/mol. The second kappa shape index (κ2) is 15.2. The van der Waals surface area contributed by atoms with Crippen molar-refractivity contribution in [2.45, 2.75) is 116 Å². The monoisotopic (exact) mass is 771 g/mol. The van der Waals surface area contributed by atoms with E-state index in [-0.39, 0.29) is 47.4 Å². The van der Waals surface area contributed by atoms with Crippen LogP contribution in [0.1, 0.15) is 86.3 Å². The fourth-order valence-electron chi connectivity index (χ4n) is 9.06. The normalized spacial score (nSPS) is 17.5. The average molecular weight is 772 g/mol. The molecule has 2 atom stereocenters. The number of piperazine rings is 1. The predicted octanol–water partition coefficient (Wildman–Crippen LogP) is 9.76. The molecule has 0 radical (unpaired) electrons. The van der Waals surface area contributed by atoms with Crippen molar-refractivity contribution in [3.05, 3.63) is 53.2 Å². The molecule has 2 fully saturated rings.